The summed E-state index contributed by atoms with van der Waals surface area (Å²) in [7, 11) is 0. The van der Waals surface area contributed by atoms with Crippen molar-refractivity contribution in [3.8, 4) is 5.75 Å². The molecule has 0 spiro atoms. The minimum absolute atomic E-state index is 0.0949. The highest BCUT2D eigenvalue weighted by atomic mass is 16.6. The topological polar surface area (TPSA) is 102 Å². The number of nitro benzene ring substituents is 1. The van der Waals surface area contributed by atoms with E-state index in [2.05, 4.69) is 4.90 Å². The molecule has 0 radical (unpaired) electrons. The van der Waals surface area contributed by atoms with Crippen LogP contribution in [0.2, 0.25) is 0 Å². The first-order valence-corrected chi connectivity index (χ1v) is 8.38. The van der Waals surface area contributed by atoms with E-state index in [4.69, 9.17) is 10.5 Å². The smallest absolute Gasteiger partial charge is 0.295 e. The van der Waals surface area contributed by atoms with Gasteiger partial charge in [0, 0.05) is 5.56 Å². The van der Waals surface area contributed by atoms with Crippen molar-refractivity contribution in [2.24, 2.45) is 0 Å². The number of nitro groups is 1. The number of nitrogen functional groups attached to an aromatic ring is 1. The summed E-state index contributed by atoms with van der Waals surface area (Å²) in [5.41, 5.74) is 5.01. The van der Waals surface area contributed by atoms with Gasteiger partial charge in [-0.1, -0.05) is 6.42 Å². The van der Waals surface area contributed by atoms with Gasteiger partial charge in [0.2, 0.25) is 0 Å². The fraction of sp³-hybridized carbons (Fsp3) is 0.647. The number of rotatable bonds is 2. The number of nitrogens with two attached hydrogens (primary N) is 1. The van der Waals surface area contributed by atoms with Gasteiger partial charge < -0.3 is 15.6 Å². The summed E-state index contributed by atoms with van der Waals surface area (Å²) >= 11 is 0. The Morgan fingerprint density at radius 3 is 2.50 bits per heavy atom. The van der Waals surface area contributed by atoms with Gasteiger partial charge in [-0.05, 0) is 52.8 Å². The molecule has 2 atom stereocenters. The number of benzene rings is 1. The summed E-state index contributed by atoms with van der Waals surface area (Å²) in [6, 6.07) is 2.99. The predicted molar refractivity (Wildman–Crippen MR) is 91.0 cm³/mol. The second-order valence-corrected chi connectivity index (χ2v) is 7.47. The van der Waals surface area contributed by atoms with Crippen LogP contribution in [0.1, 0.15) is 45.6 Å². The van der Waals surface area contributed by atoms with Crippen molar-refractivity contribution >= 4 is 11.4 Å². The average molecular weight is 335 g/mol. The highest BCUT2D eigenvalue weighted by Crippen LogP contribution is 2.50. The van der Waals surface area contributed by atoms with E-state index < -0.39 is 22.2 Å². The van der Waals surface area contributed by atoms with E-state index in [0.29, 0.717) is 5.75 Å². The lowest BCUT2D eigenvalue weighted by Crippen LogP contribution is -2.64. The molecule has 1 aromatic carbocycles. The molecule has 0 aliphatic carbocycles. The van der Waals surface area contributed by atoms with Gasteiger partial charge in [-0.2, -0.15) is 0 Å². The van der Waals surface area contributed by atoms with E-state index in [0.717, 1.165) is 31.5 Å². The molecule has 0 unspecified atom stereocenters. The summed E-state index contributed by atoms with van der Waals surface area (Å²) in [6.07, 6.45) is 2.54. The molecule has 3 rings (SSSR count). The first kappa shape index (κ1) is 17.0. The van der Waals surface area contributed by atoms with Crippen LogP contribution in [0.15, 0.2) is 12.1 Å². The summed E-state index contributed by atoms with van der Waals surface area (Å²) in [6.45, 7) is 7.35. The van der Waals surface area contributed by atoms with Crippen LogP contribution in [-0.4, -0.2) is 39.7 Å². The van der Waals surface area contributed by atoms with Crippen molar-refractivity contribution in [2.75, 3.05) is 18.8 Å². The average Bonchev–Trinajstić information content (AvgIpc) is 2.54. The van der Waals surface area contributed by atoms with Gasteiger partial charge in [0.05, 0.1) is 16.5 Å². The maximum atomic E-state index is 11.2. The number of aliphatic hydroxyl groups excluding tert-OH is 1. The molecular formula is C17H25N3O4. The maximum Gasteiger partial charge on any atom is 0.295 e. The van der Waals surface area contributed by atoms with E-state index >= 15 is 0 Å². The van der Waals surface area contributed by atoms with Crippen LogP contribution in [-0.2, 0) is 5.54 Å². The van der Waals surface area contributed by atoms with Crippen molar-refractivity contribution in [2.45, 2.75) is 57.3 Å². The number of ether oxygens (including phenoxy) is 1. The van der Waals surface area contributed by atoms with Crippen LogP contribution >= 0.6 is 0 Å². The Morgan fingerprint density at radius 2 is 1.92 bits per heavy atom. The Kier molecular flexibility index (Phi) is 3.96. The van der Waals surface area contributed by atoms with Gasteiger partial charge in [0.25, 0.3) is 5.69 Å². The van der Waals surface area contributed by atoms with Crippen LogP contribution in [0.3, 0.4) is 0 Å². The summed E-state index contributed by atoms with van der Waals surface area (Å²) in [5, 5.41) is 22.3. The molecule has 0 amide bonds. The molecule has 0 bridgehead atoms. The highest BCUT2D eigenvalue weighted by Gasteiger charge is 2.54. The first-order valence-electron chi connectivity index (χ1n) is 8.38. The van der Waals surface area contributed by atoms with Crippen molar-refractivity contribution in [1.29, 1.82) is 0 Å². The van der Waals surface area contributed by atoms with Crippen LogP contribution in [0.5, 0.6) is 5.75 Å². The van der Waals surface area contributed by atoms with Gasteiger partial charge in [0.1, 0.15) is 23.1 Å². The molecular weight excluding hydrogens is 310 g/mol. The second-order valence-electron chi connectivity index (χ2n) is 7.47. The molecule has 2 aliphatic heterocycles. The van der Waals surface area contributed by atoms with Crippen LogP contribution in [0.4, 0.5) is 11.4 Å². The lowest BCUT2D eigenvalue weighted by molar-refractivity contribution is -0.384. The molecule has 0 saturated carbocycles. The Morgan fingerprint density at radius 1 is 1.29 bits per heavy atom. The van der Waals surface area contributed by atoms with Gasteiger partial charge in [-0.15, -0.1) is 0 Å². The first-order chi connectivity index (χ1) is 11.2. The zero-order valence-electron chi connectivity index (χ0n) is 14.4. The molecule has 7 nitrogen and oxygen atoms in total. The number of likely N-dealkylation sites (tertiary alicyclic amines) is 1. The lowest BCUT2D eigenvalue weighted by atomic mass is 9.74. The Hall–Kier alpha value is -1.86. The Balaban J connectivity index is 2.19. The van der Waals surface area contributed by atoms with Crippen molar-refractivity contribution in [1.82, 2.24) is 4.90 Å². The molecule has 0 aromatic heterocycles. The molecule has 1 saturated heterocycles. The molecule has 2 heterocycles. The summed E-state index contributed by atoms with van der Waals surface area (Å²) < 4.78 is 5.93. The van der Waals surface area contributed by atoms with Gasteiger partial charge in [0.15, 0.2) is 0 Å². The lowest BCUT2D eigenvalue weighted by Gasteiger charge is -2.54. The molecule has 7 heteroatoms. The SMILES string of the molecule is CC1(C)Oc2cc([N+](=O)[O-])c(N)cc2[C@](C)(N2CCCCC2)[C@H]1O. The van der Waals surface area contributed by atoms with E-state index in [1.807, 2.05) is 20.8 Å². The monoisotopic (exact) mass is 335 g/mol. The Labute approximate surface area is 141 Å². The number of fused-ring (bicyclic) bond motifs is 1. The van der Waals surface area contributed by atoms with Crippen LogP contribution < -0.4 is 10.5 Å². The van der Waals surface area contributed by atoms with E-state index in [1.165, 1.54) is 12.5 Å². The van der Waals surface area contributed by atoms with Crippen molar-refractivity contribution < 1.29 is 14.8 Å². The van der Waals surface area contributed by atoms with E-state index in [-0.39, 0.29) is 11.4 Å². The third-order valence-corrected chi connectivity index (χ3v) is 5.45. The van der Waals surface area contributed by atoms with Crippen LogP contribution in [0.25, 0.3) is 0 Å². The van der Waals surface area contributed by atoms with Gasteiger partial charge in [-0.25, -0.2) is 0 Å². The van der Waals surface area contributed by atoms with Gasteiger partial charge in [-0.3, -0.25) is 15.0 Å². The minimum Gasteiger partial charge on any atom is -0.484 e. The third kappa shape index (κ3) is 2.43. The number of nitrogens with zero attached hydrogens (tertiary/aromatic N) is 2. The number of hydrogen-bond donors (Lipinski definition) is 2. The summed E-state index contributed by atoms with van der Waals surface area (Å²) in [4.78, 5) is 13.0. The number of anilines is 1. The molecule has 132 valence electrons. The molecule has 1 fully saturated rings. The van der Waals surface area contributed by atoms with Crippen LogP contribution in [0, 0.1) is 10.1 Å². The standard InChI is InChI=1S/C17H25N3O4/c1-16(2)15(21)17(3,19-7-5-4-6-8-19)11-9-12(18)13(20(22)23)10-14(11)24-16/h9-10,15,21H,4-8,18H2,1-3H3/t15-,17-/m0/s1. The number of hydrogen-bond acceptors (Lipinski definition) is 6. The zero-order chi connectivity index (χ0) is 17.7. The number of piperidine rings is 1. The molecule has 1 aromatic rings. The van der Waals surface area contributed by atoms with Gasteiger partial charge >= 0.3 is 0 Å². The predicted octanol–water partition coefficient (Wildman–Crippen LogP) is 2.41. The molecule has 24 heavy (non-hydrogen) atoms. The number of aliphatic hydroxyl groups is 1. The Bertz CT molecular complexity index is 670. The maximum absolute atomic E-state index is 11.2. The fourth-order valence-corrected chi connectivity index (χ4v) is 4.09. The fourth-order valence-electron chi connectivity index (χ4n) is 4.09. The summed E-state index contributed by atoms with van der Waals surface area (Å²) in [5.74, 6) is 0.430. The van der Waals surface area contributed by atoms with E-state index in [1.54, 1.807) is 6.07 Å². The van der Waals surface area contributed by atoms with Crippen molar-refractivity contribution in [3.63, 3.8) is 0 Å². The van der Waals surface area contributed by atoms with Crippen molar-refractivity contribution in [3.05, 3.63) is 27.8 Å². The normalized spacial score (nSPS) is 29.6. The largest absolute Gasteiger partial charge is 0.484 e. The molecule has 2 aliphatic rings. The highest BCUT2D eigenvalue weighted by molar-refractivity contribution is 5.65. The quantitative estimate of drug-likeness (QED) is 0.489. The second kappa shape index (κ2) is 5.60. The molecule has 3 N–H and O–H groups in total. The van der Waals surface area contributed by atoms with E-state index in [9.17, 15) is 15.2 Å². The minimum atomic E-state index is -0.858. The third-order valence-electron chi connectivity index (χ3n) is 5.45. The zero-order valence-corrected chi connectivity index (χ0v) is 14.4.